The first-order valence-electron chi connectivity index (χ1n) is 8.64. The van der Waals surface area contributed by atoms with Crippen molar-refractivity contribution >= 4 is 5.82 Å². The summed E-state index contributed by atoms with van der Waals surface area (Å²) >= 11 is 0. The average Bonchev–Trinajstić information content (AvgIpc) is 3.29. The summed E-state index contributed by atoms with van der Waals surface area (Å²) in [5, 5.41) is 3.29. The van der Waals surface area contributed by atoms with Gasteiger partial charge in [0.05, 0.1) is 0 Å². The number of hydrogen-bond donors (Lipinski definition) is 2. The number of nitrogens with zero attached hydrogens (tertiary/aromatic N) is 1. The van der Waals surface area contributed by atoms with E-state index in [4.69, 9.17) is 0 Å². The third-order valence-corrected chi connectivity index (χ3v) is 4.06. The van der Waals surface area contributed by atoms with E-state index in [-0.39, 0.29) is 5.56 Å². The van der Waals surface area contributed by atoms with E-state index in [1.54, 1.807) is 6.07 Å². The van der Waals surface area contributed by atoms with Crippen molar-refractivity contribution in [1.82, 2.24) is 9.97 Å². The molecule has 1 aromatic heterocycles. The molecule has 0 unspecified atom stereocenters. The van der Waals surface area contributed by atoms with E-state index in [0.717, 1.165) is 37.4 Å². The van der Waals surface area contributed by atoms with Crippen LogP contribution in [0.5, 0.6) is 0 Å². The van der Waals surface area contributed by atoms with Gasteiger partial charge in [0.2, 0.25) is 0 Å². The molecule has 0 aromatic carbocycles. The van der Waals surface area contributed by atoms with Crippen LogP contribution in [-0.4, -0.2) is 16.5 Å². The lowest BCUT2D eigenvalue weighted by Crippen LogP contribution is -2.13. The highest BCUT2D eigenvalue weighted by molar-refractivity contribution is 5.33. The van der Waals surface area contributed by atoms with Gasteiger partial charge in [0.25, 0.3) is 5.56 Å². The summed E-state index contributed by atoms with van der Waals surface area (Å²) in [7, 11) is 0. The predicted molar refractivity (Wildman–Crippen MR) is 87.9 cm³/mol. The lowest BCUT2D eigenvalue weighted by molar-refractivity contribution is 0.581. The quantitative estimate of drug-likeness (QED) is 0.601. The maximum Gasteiger partial charge on any atom is 0.252 e. The normalized spacial score (nSPS) is 14.3. The third kappa shape index (κ3) is 6.32. The molecule has 4 heteroatoms. The number of rotatable bonds is 11. The Labute approximate surface area is 127 Å². The van der Waals surface area contributed by atoms with Crippen LogP contribution < -0.4 is 10.9 Å². The second kappa shape index (κ2) is 8.85. The van der Waals surface area contributed by atoms with Crippen LogP contribution in [0.4, 0.5) is 5.82 Å². The van der Waals surface area contributed by atoms with E-state index in [0.29, 0.717) is 5.92 Å². The monoisotopic (exact) mass is 291 g/mol. The van der Waals surface area contributed by atoms with Crippen molar-refractivity contribution in [2.24, 2.45) is 0 Å². The van der Waals surface area contributed by atoms with Gasteiger partial charge in [-0.25, -0.2) is 4.98 Å². The maximum absolute atomic E-state index is 11.6. The molecule has 0 radical (unpaired) electrons. The zero-order chi connectivity index (χ0) is 14.9. The highest BCUT2D eigenvalue weighted by atomic mass is 16.1. The number of unbranched alkanes of at least 4 members (excludes halogenated alkanes) is 7. The van der Waals surface area contributed by atoms with Gasteiger partial charge in [-0.3, -0.25) is 4.79 Å². The van der Waals surface area contributed by atoms with Crippen molar-refractivity contribution in [1.29, 1.82) is 0 Å². The predicted octanol–water partition coefficient (Wildman–Crippen LogP) is 4.20. The van der Waals surface area contributed by atoms with Gasteiger partial charge in [0.1, 0.15) is 11.6 Å². The zero-order valence-electron chi connectivity index (χ0n) is 13.3. The Morgan fingerprint density at radius 3 is 2.48 bits per heavy atom. The Balaban J connectivity index is 1.57. The van der Waals surface area contributed by atoms with E-state index < -0.39 is 0 Å². The van der Waals surface area contributed by atoms with Gasteiger partial charge < -0.3 is 10.3 Å². The van der Waals surface area contributed by atoms with Gasteiger partial charge in [-0.05, 0) is 19.3 Å². The SMILES string of the molecule is CCCCCCCCCCNc1cc(=O)[nH]c(C2CC2)n1. The summed E-state index contributed by atoms with van der Waals surface area (Å²) in [6.45, 7) is 3.17. The maximum atomic E-state index is 11.6. The first-order valence-corrected chi connectivity index (χ1v) is 8.64. The molecule has 1 fully saturated rings. The zero-order valence-corrected chi connectivity index (χ0v) is 13.3. The molecule has 0 bridgehead atoms. The molecule has 21 heavy (non-hydrogen) atoms. The van der Waals surface area contributed by atoms with Crippen LogP contribution in [-0.2, 0) is 0 Å². The number of H-pyrrole nitrogens is 1. The fourth-order valence-electron chi connectivity index (χ4n) is 2.59. The third-order valence-electron chi connectivity index (χ3n) is 4.06. The highest BCUT2D eigenvalue weighted by Gasteiger charge is 2.26. The molecule has 1 aromatic rings. The summed E-state index contributed by atoms with van der Waals surface area (Å²) in [6, 6.07) is 1.57. The Kier molecular flexibility index (Phi) is 6.77. The number of aromatic amines is 1. The average molecular weight is 291 g/mol. The lowest BCUT2D eigenvalue weighted by atomic mass is 10.1. The molecule has 1 aliphatic rings. The minimum absolute atomic E-state index is 0.0367. The fourth-order valence-corrected chi connectivity index (χ4v) is 2.59. The largest absolute Gasteiger partial charge is 0.370 e. The van der Waals surface area contributed by atoms with Crippen molar-refractivity contribution in [2.75, 3.05) is 11.9 Å². The van der Waals surface area contributed by atoms with Crippen LogP contribution in [0.15, 0.2) is 10.9 Å². The molecule has 0 aliphatic heterocycles. The summed E-state index contributed by atoms with van der Waals surface area (Å²) < 4.78 is 0. The smallest absolute Gasteiger partial charge is 0.252 e. The second-order valence-corrected chi connectivity index (χ2v) is 6.19. The van der Waals surface area contributed by atoms with E-state index in [2.05, 4.69) is 22.2 Å². The topological polar surface area (TPSA) is 57.8 Å². The first-order chi connectivity index (χ1) is 10.3. The second-order valence-electron chi connectivity index (χ2n) is 6.19. The van der Waals surface area contributed by atoms with Crippen LogP contribution in [0.25, 0.3) is 0 Å². The van der Waals surface area contributed by atoms with Crippen LogP contribution in [0.3, 0.4) is 0 Å². The summed E-state index contributed by atoms with van der Waals surface area (Å²) in [5.41, 5.74) is -0.0367. The molecule has 2 rings (SSSR count). The molecule has 0 spiro atoms. The van der Waals surface area contributed by atoms with Crippen LogP contribution in [0.1, 0.15) is 82.9 Å². The van der Waals surface area contributed by atoms with Gasteiger partial charge in [-0.2, -0.15) is 0 Å². The van der Waals surface area contributed by atoms with E-state index in [1.807, 2.05) is 0 Å². The number of hydrogen-bond acceptors (Lipinski definition) is 3. The van der Waals surface area contributed by atoms with Crippen molar-refractivity contribution < 1.29 is 0 Å². The van der Waals surface area contributed by atoms with Gasteiger partial charge in [-0.15, -0.1) is 0 Å². The Morgan fingerprint density at radius 1 is 1.14 bits per heavy atom. The molecule has 4 nitrogen and oxygen atoms in total. The molecule has 1 saturated carbocycles. The Hall–Kier alpha value is -1.32. The molecular weight excluding hydrogens is 262 g/mol. The molecule has 0 saturated heterocycles. The fraction of sp³-hybridized carbons (Fsp3) is 0.765. The van der Waals surface area contributed by atoms with E-state index >= 15 is 0 Å². The van der Waals surface area contributed by atoms with Gasteiger partial charge >= 0.3 is 0 Å². The van der Waals surface area contributed by atoms with Crippen molar-refractivity contribution in [3.8, 4) is 0 Å². The van der Waals surface area contributed by atoms with Crippen LogP contribution in [0, 0.1) is 0 Å². The van der Waals surface area contributed by atoms with Crippen LogP contribution in [0.2, 0.25) is 0 Å². The van der Waals surface area contributed by atoms with E-state index in [1.165, 1.54) is 44.9 Å². The van der Waals surface area contributed by atoms with Gasteiger partial charge in [0.15, 0.2) is 0 Å². The standard InChI is InChI=1S/C17H29N3O/c1-2-3-4-5-6-7-8-9-12-18-15-13-16(21)20-17(19-15)14-10-11-14/h13-14H,2-12H2,1H3,(H2,18,19,20,21). The summed E-state index contributed by atoms with van der Waals surface area (Å²) in [6.07, 6.45) is 12.9. The van der Waals surface area contributed by atoms with Crippen molar-refractivity contribution in [3.05, 3.63) is 22.2 Å². The van der Waals surface area contributed by atoms with Gasteiger partial charge in [0, 0.05) is 18.5 Å². The minimum Gasteiger partial charge on any atom is -0.370 e. The lowest BCUT2D eigenvalue weighted by Gasteiger charge is -2.07. The molecule has 0 atom stereocenters. The van der Waals surface area contributed by atoms with Crippen molar-refractivity contribution in [3.63, 3.8) is 0 Å². The number of aromatic nitrogens is 2. The molecule has 0 amide bonds. The van der Waals surface area contributed by atoms with Crippen LogP contribution >= 0.6 is 0 Å². The Morgan fingerprint density at radius 2 is 1.81 bits per heavy atom. The summed E-state index contributed by atoms with van der Waals surface area (Å²) in [5.74, 6) is 2.09. The first kappa shape index (κ1) is 16.1. The Bertz CT molecular complexity index is 465. The number of nitrogens with one attached hydrogen (secondary N) is 2. The molecule has 118 valence electrons. The number of anilines is 1. The molecule has 1 aliphatic carbocycles. The molecule has 2 N–H and O–H groups in total. The van der Waals surface area contributed by atoms with Gasteiger partial charge in [-0.1, -0.05) is 51.9 Å². The summed E-state index contributed by atoms with van der Waals surface area (Å²) in [4.78, 5) is 18.9. The van der Waals surface area contributed by atoms with E-state index in [9.17, 15) is 4.79 Å². The molecule has 1 heterocycles. The van der Waals surface area contributed by atoms with Crippen molar-refractivity contribution in [2.45, 2.75) is 77.0 Å². The minimum atomic E-state index is -0.0367. The highest BCUT2D eigenvalue weighted by Crippen LogP contribution is 2.37. The molecular formula is C17H29N3O.